The standard InChI is InChI=1S/C13H19N3O3S/c1-13(2)6-8-10(9(17)7-13)20-12(15-8)16-11(18)14-4-5-19-3/h4-7H2,1-3H3,(H2,14,15,16,18). The van der Waals surface area contributed by atoms with Crippen LogP contribution in [0.1, 0.15) is 35.6 Å². The van der Waals surface area contributed by atoms with Crippen LogP contribution in [-0.2, 0) is 11.2 Å². The lowest BCUT2D eigenvalue weighted by atomic mass is 9.78. The van der Waals surface area contributed by atoms with Crippen molar-refractivity contribution in [2.24, 2.45) is 5.41 Å². The van der Waals surface area contributed by atoms with Crippen molar-refractivity contribution in [3.8, 4) is 0 Å². The molecule has 0 unspecified atom stereocenters. The first-order chi connectivity index (χ1) is 9.41. The number of nitrogens with zero attached hydrogens (tertiary/aromatic N) is 1. The second-order valence-electron chi connectivity index (χ2n) is 5.61. The molecule has 2 N–H and O–H groups in total. The van der Waals surface area contributed by atoms with E-state index in [2.05, 4.69) is 29.5 Å². The van der Waals surface area contributed by atoms with Gasteiger partial charge >= 0.3 is 6.03 Å². The maximum absolute atomic E-state index is 12.0. The minimum atomic E-state index is -0.333. The van der Waals surface area contributed by atoms with Crippen LogP contribution in [0, 0.1) is 5.41 Å². The molecule has 0 spiro atoms. The molecule has 20 heavy (non-hydrogen) atoms. The fraction of sp³-hybridized carbons (Fsp3) is 0.615. The van der Waals surface area contributed by atoms with Gasteiger partial charge < -0.3 is 10.1 Å². The largest absolute Gasteiger partial charge is 0.383 e. The van der Waals surface area contributed by atoms with E-state index in [0.717, 1.165) is 12.1 Å². The molecule has 7 heteroatoms. The van der Waals surface area contributed by atoms with Crippen molar-refractivity contribution in [2.75, 3.05) is 25.6 Å². The van der Waals surface area contributed by atoms with Crippen molar-refractivity contribution in [3.05, 3.63) is 10.6 Å². The Bertz CT molecular complexity index is 525. The molecule has 0 radical (unpaired) electrons. The molecule has 2 rings (SSSR count). The lowest BCUT2D eigenvalue weighted by molar-refractivity contribution is 0.0916. The number of amides is 2. The molecule has 0 aromatic carbocycles. The van der Waals surface area contributed by atoms with Crippen molar-refractivity contribution < 1.29 is 14.3 Å². The number of ether oxygens (including phenoxy) is 1. The number of Topliss-reactive ketones (excluding diaryl/α,β-unsaturated/α-hetero) is 1. The number of rotatable bonds is 4. The number of fused-ring (bicyclic) bond motifs is 1. The van der Waals surface area contributed by atoms with E-state index in [1.807, 2.05) is 0 Å². The van der Waals surface area contributed by atoms with Crippen LogP contribution in [0.4, 0.5) is 9.93 Å². The SMILES string of the molecule is COCCNC(=O)Nc1nc2c(s1)C(=O)CC(C)(C)C2. The summed E-state index contributed by atoms with van der Waals surface area (Å²) < 4.78 is 4.85. The first kappa shape index (κ1) is 14.9. The molecular weight excluding hydrogens is 278 g/mol. The van der Waals surface area contributed by atoms with Crippen LogP contribution in [0.3, 0.4) is 0 Å². The average molecular weight is 297 g/mol. The number of carbonyl (C=O) groups excluding carboxylic acids is 2. The minimum absolute atomic E-state index is 0.0594. The van der Waals surface area contributed by atoms with Gasteiger partial charge in [-0.3, -0.25) is 10.1 Å². The van der Waals surface area contributed by atoms with Crippen molar-refractivity contribution in [1.82, 2.24) is 10.3 Å². The highest BCUT2D eigenvalue weighted by molar-refractivity contribution is 7.17. The summed E-state index contributed by atoms with van der Waals surface area (Å²) in [5.41, 5.74) is 0.735. The molecule has 0 saturated heterocycles. The molecule has 0 fully saturated rings. The molecule has 0 atom stereocenters. The van der Waals surface area contributed by atoms with Crippen molar-refractivity contribution in [1.29, 1.82) is 0 Å². The Balaban J connectivity index is 2.02. The average Bonchev–Trinajstić information content (AvgIpc) is 2.70. The number of carbonyl (C=O) groups is 2. The highest BCUT2D eigenvalue weighted by atomic mass is 32.1. The Morgan fingerprint density at radius 3 is 2.90 bits per heavy atom. The van der Waals surface area contributed by atoms with E-state index < -0.39 is 0 Å². The summed E-state index contributed by atoms with van der Waals surface area (Å²) in [6.07, 6.45) is 1.29. The van der Waals surface area contributed by atoms with Gasteiger partial charge in [-0.2, -0.15) is 0 Å². The van der Waals surface area contributed by atoms with Crippen LogP contribution in [0.5, 0.6) is 0 Å². The van der Waals surface area contributed by atoms with E-state index in [1.165, 1.54) is 11.3 Å². The van der Waals surface area contributed by atoms with Gasteiger partial charge in [-0.05, 0) is 11.8 Å². The second-order valence-corrected chi connectivity index (χ2v) is 6.61. The van der Waals surface area contributed by atoms with Gasteiger partial charge in [0.1, 0.15) is 0 Å². The van der Waals surface area contributed by atoms with E-state index in [-0.39, 0.29) is 17.2 Å². The monoisotopic (exact) mass is 297 g/mol. The number of ketones is 1. The number of anilines is 1. The summed E-state index contributed by atoms with van der Waals surface area (Å²) in [5, 5.41) is 5.77. The summed E-state index contributed by atoms with van der Waals surface area (Å²) in [7, 11) is 1.57. The number of nitrogens with one attached hydrogen (secondary N) is 2. The summed E-state index contributed by atoms with van der Waals surface area (Å²) >= 11 is 1.25. The number of hydrogen-bond acceptors (Lipinski definition) is 5. The summed E-state index contributed by atoms with van der Waals surface area (Å²) in [6, 6.07) is -0.333. The Morgan fingerprint density at radius 2 is 2.20 bits per heavy atom. The first-order valence-electron chi connectivity index (χ1n) is 6.48. The molecule has 110 valence electrons. The number of methoxy groups -OCH3 is 1. The number of hydrogen-bond donors (Lipinski definition) is 2. The molecule has 0 saturated carbocycles. The molecule has 6 nitrogen and oxygen atoms in total. The quantitative estimate of drug-likeness (QED) is 0.834. The fourth-order valence-electron chi connectivity index (χ4n) is 2.18. The van der Waals surface area contributed by atoms with Crippen LogP contribution in [0.25, 0.3) is 0 Å². The van der Waals surface area contributed by atoms with Gasteiger partial charge in [-0.25, -0.2) is 9.78 Å². The zero-order valence-corrected chi connectivity index (χ0v) is 12.7. The third kappa shape index (κ3) is 3.55. The molecule has 1 heterocycles. The molecule has 0 bridgehead atoms. The Hall–Kier alpha value is -1.47. The molecule has 1 aromatic rings. The lowest BCUT2D eigenvalue weighted by Gasteiger charge is -2.26. The molecule has 2 amide bonds. The molecule has 1 aliphatic rings. The maximum Gasteiger partial charge on any atom is 0.321 e. The van der Waals surface area contributed by atoms with Gasteiger partial charge in [-0.15, -0.1) is 0 Å². The van der Waals surface area contributed by atoms with Crippen molar-refractivity contribution in [2.45, 2.75) is 26.7 Å². The van der Waals surface area contributed by atoms with Gasteiger partial charge in [0, 0.05) is 20.1 Å². The molecular formula is C13H19N3O3S. The normalized spacial score (nSPS) is 16.6. The van der Waals surface area contributed by atoms with E-state index >= 15 is 0 Å². The van der Waals surface area contributed by atoms with Gasteiger partial charge in [0.25, 0.3) is 0 Å². The highest BCUT2D eigenvalue weighted by Crippen LogP contribution is 2.38. The van der Waals surface area contributed by atoms with Crippen LogP contribution in [0.15, 0.2) is 0 Å². The number of thiazole rings is 1. The number of aromatic nitrogens is 1. The molecule has 0 aliphatic heterocycles. The zero-order valence-electron chi connectivity index (χ0n) is 11.9. The number of urea groups is 1. The lowest BCUT2D eigenvalue weighted by Crippen LogP contribution is -2.31. The summed E-state index contributed by atoms with van der Waals surface area (Å²) in [6.45, 7) is 4.99. The fourth-order valence-corrected chi connectivity index (χ4v) is 3.10. The van der Waals surface area contributed by atoms with E-state index in [9.17, 15) is 9.59 Å². The van der Waals surface area contributed by atoms with Gasteiger partial charge in [0.05, 0.1) is 17.2 Å². The molecule has 1 aliphatic carbocycles. The van der Waals surface area contributed by atoms with Crippen LogP contribution in [0.2, 0.25) is 0 Å². The van der Waals surface area contributed by atoms with Crippen LogP contribution in [-0.4, -0.2) is 37.1 Å². The Morgan fingerprint density at radius 1 is 1.45 bits per heavy atom. The van der Waals surface area contributed by atoms with Gasteiger partial charge in [-0.1, -0.05) is 25.2 Å². The topological polar surface area (TPSA) is 80.3 Å². The summed E-state index contributed by atoms with van der Waals surface area (Å²) in [5.74, 6) is 0.113. The van der Waals surface area contributed by atoms with Gasteiger partial charge in [0.15, 0.2) is 10.9 Å². The first-order valence-corrected chi connectivity index (χ1v) is 7.29. The highest BCUT2D eigenvalue weighted by Gasteiger charge is 2.34. The van der Waals surface area contributed by atoms with Crippen LogP contribution >= 0.6 is 11.3 Å². The predicted octanol–water partition coefficient (Wildman–Crippen LogP) is 2.07. The Labute approximate surface area is 121 Å². The summed E-state index contributed by atoms with van der Waals surface area (Å²) in [4.78, 5) is 28.7. The second kappa shape index (κ2) is 5.88. The van der Waals surface area contributed by atoms with Crippen molar-refractivity contribution in [3.63, 3.8) is 0 Å². The Kier molecular flexibility index (Phi) is 4.39. The smallest absolute Gasteiger partial charge is 0.321 e. The third-order valence-electron chi connectivity index (χ3n) is 3.05. The van der Waals surface area contributed by atoms with E-state index in [4.69, 9.17) is 4.74 Å². The minimum Gasteiger partial charge on any atom is -0.383 e. The predicted molar refractivity (Wildman–Crippen MR) is 77.4 cm³/mol. The van der Waals surface area contributed by atoms with Crippen molar-refractivity contribution >= 4 is 28.3 Å². The molecule has 1 aromatic heterocycles. The van der Waals surface area contributed by atoms with Crippen LogP contribution < -0.4 is 10.6 Å². The van der Waals surface area contributed by atoms with Gasteiger partial charge in [0.2, 0.25) is 0 Å². The zero-order chi connectivity index (χ0) is 14.8. The maximum atomic E-state index is 12.0. The van der Waals surface area contributed by atoms with E-state index in [0.29, 0.717) is 29.6 Å². The third-order valence-corrected chi connectivity index (χ3v) is 4.10. The van der Waals surface area contributed by atoms with E-state index in [1.54, 1.807) is 7.11 Å².